The van der Waals surface area contributed by atoms with Crippen LogP contribution in [0.15, 0.2) is 72.8 Å². The first-order valence-electron chi connectivity index (χ1n) is 10.1. The molecule has 3 aromatic rings. The van der Waals surface area contributed by atoms with E-state index in [0.29, 0.717) is 0 Å². The van der Waals surface area contributed by atoms with Crippen LogP contribution in [0.2, 0.25) is 5.02 Å². The van der Waals surface area contributed by atoms with Crippen molar-refractivity contribution in [3.05, 3.63) is 105 Å². The number of nitrogens with zero attached hydrogens (tertiary/aromatic N) is 1. The van der Waals surface area contributed by atoms with Gasteiger partial charge in [0.25, 0.3) is 17.5 Å². The molecule has 0 aliphatic heterocycles. The van der Waals surface area contributed by atoms with E-state index in [0.717, 1.165) is 23.8 Å². The maximum absolute atomic E-state index is 12.8. The molecule has 0 bridgehead atoms. The molecule has 0 spiro atoms. The molecule has 2 N–H and O–H groups in total. The van der Waals surface area contributed by atoms with E-state index in [9.17, 15) is 24.5 Å². The van der Waals surface area contributed by atoms with E-state index < -0.39 is 23.4 Å². The zero-order valence-electron chi connectivity index (χ0n) is 18.0. The minimum atomic E-state index is -0.919. The SMILES string of the molecule is CC(NC(=O)c1ccccc1NC(=O)COC(=O)c1ccc([N+](=O)[O-])cc1Cl)c1ccccc1. The van der Waals surface area contributed by atoms with Gasteiger partial charge in [-0.3, -0.25) is 19.7 Å². The number of ether oxygens (including phenoxy) is 1. The zero-order chi connectivity index (χ0) is 24.7. The molecule has 0 saturated heterocycles. The van der Waals surface area contributed by atoms with Crippen molar-refractivity contribution in [2.45, 2.75) is 13.0 Å². The Kier molecular flexibility index (Phi) is 7.94. The second-order valence-electron chi connectivity index (χ2n) is 7.20. The number of non-ortho nitro benzene ring substituents is 1. The number of carbonyl (C=O) groups excluding carboxylic acids is 3. The predicted octanol–water partition coefficient (Wildman–Crippen LogP) is 4.53. The number of nitrogens with one attached hydrogen (secondary N) is 2. The van der Waals surface area contributed by atoms with Crippen LogP contribution in [0, 0.1) is 10.1 Å². The molecule has 1 atom stereocenters. The van der Waals surface area contributed by atoms with Crippen molar-refractivity contribution < 1.29 is 24.0 Å². The first-order chi connectivity index (χ1) is 16.3. The minimum absolute atomic E-state index is 0.116. The van der Waals surface area contributed by atoms with E-state index in [4.69, 9.17) is 16.3 Å². The molecule has 0 radical (unpaired) electrons. The Labute approximate surface area is 199 Å². The van der Waals surface area contributed by atoms with Crippen LogP contribution in [-0.2, 0) is 9.53 Å². The van der Waals surface area contributed by atoms with E-state index in [-0.39, 0.29) is 39.5 Å². The highest BCUT2D eigenvalue weighted by Gasteiger charge is 2.19. The van der Waals surface area contributed by atoms with E-state index in [2.05, 4.69) is 10.6 Å². The number of carbonyl (C=O) groups is 3. The van der Waals surface area contributed by atoms with Gasteiger partial charge in [-0.1, -0.05) is 54.1 Å². The molecule has 174 valence electrons. The average molecular weight is 482 g/mol. The third-order valence-corrected chi connectivity index (χ3v) is 5.12. The number of nitro benzene ring substituents is 1. The summed E-state index contributed by atoms with van der Waals surface area (Å²) in [6, 6.07) is 18.8. The quantitative estimate of drug-likeness (QED) is 0.276. The molecule has 2 amide bonds. The summed E-state index contributed by atoms with van der Waals surface area (Å²) in [7, 11) is 0. The molecule has 0 aliphatic carbocycles. The summed E-state index contributed by atoms with van der Waals surface area (Å²) in [6.07, 6.45) is 0. The summed E-state index contributed by atoms with van der Waals surface area (Å²) in [6.45, 7) is 1.19. The van der Waals surface area contributed by atoms with Gasteiger partial charge >= 0.3 is 5.97 Å². The summed E-state index contributed by atoms with van der Waals surface area (Å²) < 4.78 is 4.96. The number of benzene rings is 3. The summed E-state index contributed by atoms with van der Waals surface area (Å²) >= 11 is 5.90. The van der Waals surface area contributed by atoms with Crippen molar-refractivity contribution in [2.75, 3.05) is 11.9 Å². The number of rotatable bonds is 8. The summed E-state index contributed by atoms with van der Waals surface area (Å²) in [5, 5.41) is 16.0. The van der Waals surface area contributed by atoms with Gasteiger partial charge in [-0.15, -0.1) is 0 Å². The standard InChI is InChI=1S/C24H20ClN3O6/c1-15(16-7-3-2-4-8-16)26-23(30)19-9-5-6-10-21(19)27-22(29)14-34-24(31)18-12-11-17(28(32)33)13-20(18)25/h2-13,15H,14H2,1H3,(H,26,30)(H,27,29). The van der Waals surface area contributed by atoms with Crippen molar-refractivity contribution >= 4 is 40.8 Å². The first kappa shape index (κ1) is 24.4. The Morgan fingerprint density at radius 3 is 2.35 bits per heavy atom. The normalized spacial score (nSPS) is 11.2. The monoisotopic (exact) mass is 481 g/mol. The van der Waals surface area contributed by atoms with Crippen LogP contribution in [0.5, 0.6) is 0 Å². The Bertz CT molecular complexity index is 1230. The molecule has 3 rings (SSSR count). The lowest BCUT2D eigenvalue weighted by Gasteiger charge is -2.16. The van der Waals surface area contributed by atoms with Crippen molar-refractivity contribution in [3.8, 4) is 0 Å². The fourth-order valence-electron chi connectivity index (χ4n) is 3.07. The van der Waals surface area contributed by atoms with Crippen molar-refractivity contribution in [3.63, 3.8) is 0 Å². The van der Waals surface area contributed by atoms with Gasteiger partial charge in [0.1, 0.15) is 0 Å². The van der Waals surface area contributed by atoms with Crippen LogP contribution in [0.1, 0.15) is 39.2 Å². The van der Waals surface area contributed by atoms with Gasteiger partial charge in [0.2, 0.25) is 0 Å². The Morgan fingerprint density at radius 2 is 1.68 bits per heavy atom. The van der Waals surface area contributed by atoms with Crippen LogP contribution >= 0.6 is 11.6 Å². The molecule has 0 saturated carbocycles. The number of hydrogen-bond acceptors (Lipinski definition) is 6. The average Bonchev–Trinajstić information content (AvgIpc) is 2.83. The highest BCUT2D eigenvalue weighted by molar-refractivity contribution is 6.33. The lowest BCUT2D eigenvalue weighted by atomic mass is 10.1. The summed E-state index contributed by atoms with van der Waals surface area (Å²) in [5.74, 6) is -1.98. The Balaban J connectivity index is 1.62. The number of amides is 2. The number of nitro groups is 1. The molecular weight excluding hydrogens is 462 g/mol. The van der Waals surface area contributed by atoms with Gasteiger partial charge < -0.3 is 15.4 Å². The van der Waals surface area contributed by atoms with Crippen molar-refractivity contribution in [1.29, 1.82) is 0 Å². The third kappa shape index (κ3) is 6.17. The maximum atomic E-state index is 12.8. The van der Waals surface area contributed by atoms with Gasteiger partial charge in [0, 0.05) is 12.1 Å². The largest absolute Gasteiger partial charge is 0.452 e. The molecule has 9 nitrogen and oxygen atoms in total. The number of esters is 1. The van der Waals surface area contributed by atoms with Crippen LogP contribution < -0.4 is 10.6 Å². The van der Waals surface area contributed by atoms with Crippen LogP contribution in [0.3, 0.4) is 0 Å². The lowest BCUT2D eigenvalue weighted by Crippen LogP contribution is -2.28. The van der Waals surface area contributed by atoms with Crippen molar-refractivity contribution in [1.82, 2.24) is 5.32 Å². The van der Waals surface area contributed by atoms with Gasteiger partial charge in [-0.05, 0) is 30.7 Å². The third-order valence-electron chi connectivity index (χ3n) is 4.81. The Hall–Kier alpha value is -4.24. The van der Waals surface area contributed by atoms with Gasteiger partial charge in [0.15, 0.2) is 6.61 Å². The molecule has 0 aromatic heterocycles. The summed E-state index contributed by atoms with van der Waals surface area (Å²) in [4.78, 5) is 47.5. The highest BCUT2D eigenvalue weighted by Crippen LogP contribution is 2.23. The molecule has 1 unspecified atom stereocenters. The first-order valence-corrected chi connectivity index (χ1v) is 10.5. The molecule has 10 heteroatoms. The molecular formula is C24H20ClN3O6. The Morgan fingerprint density at radius 1 is 1.00 bits per heavy atom. The number of halogens is 1. The summed E-state index contributed by atoms with van der Waals surface area (Å²) in [5.41, 5.74) is 1.01. The molecule has 0 fully saturated rings. The van der Waals surface area contributed by atoms with Crippen LogP contribution in [-0.4, -0.2) is 29.3 Å². The topological polar surface area (TPSA) is 128 Å². The molecule has 0 heterocycles. The highest BCUT2D eigenvalue weighted by atomic mass is 35.5. The van der Waals surface area contributed by atoms with Crippen molar-refractivity contribution in [2.24, 2.45) is 0 Å². The predicted molar refractivity (Wildman–Crippen MR) is 126 cm³/mol. The number of hydrogen-bond donors (Lipinski definition) is 2. The second-order valence-corrected chi connectivity index (χ2v) is 7.60. The fraction of sp³-hybridized carbons (Fsp3) is 0.125. The molecule has 0 aliphatic rings. The van der Waals surface area contributed by atoms with E-state index in [1.165, 1.54) is 0 Å². The van der Waals surface area contributed by atoms with Gasteiger partial charge in [-0.25, -0.2) is 4.79 Å². The number of para-hydroxylation sites is 1. The van der Waals surface area contributed by atoms with Crippen LogP contribution in [0.4, 0.5) is 11.4 Å². The minimum Gasteiger partial charge on any atom is -0.452 e. The molecule has 3 aromatic carbocycles. The second kappa shape index (κ2) is 11.1. The fourth-order valence-corrected chi connectivity index (χ4v) is 3.32. The zero-order valence-corrected chi connectivity index (χ0v) is 18.7. The van der Waals surface area contributed by atoms with E-state index >= 15 is 0 Å². The van der Waals surface area contributed by atoms with Crippen LogP contribution in [0.25, 0.3) is 0 Å². The smallest absolute Gasteiger partial charge is 0.340 e. The van der Waals surface area contributed by atoms with Gasteiger partial charge in [0.05, 0.1) is 32.8 Å². The van der Waals surface area contributed by atoms with E-state index in [1.807, 2.05) is 37.3 Å². The van der Waals surface area contributed by atoms with Gasteiger partial charge in [-0.2, -0.15) is 0 Å². The van der Waals surface area contributed by atoms with E-state index in [1.54, 1.807) is 24.3 Å². The number of anilines is 1. The molecule has 34 heavy (non-hydrogen) atoms. The lowest BCUT2D eigenvalue weighted by molar-refractivity contribution is -0.384. The maximum Gasteiger partial charge on any atom is 0.340 e.